The molecule has 1 aromatic heterocycles. The average molecular weight is 228 g/mol. The summed E-state index contributed by atoms with van der Waals surface area (Å²) in [5, 5.41) is 0. The van der Waals surface area contributed by atoms with Gasteiger partial charge in [-0.3, -0.25) is 4.79 Å². The number of carbonyl (C=O) groups excluding carboxylic acids is 1. The molecule has 1 atom stereocenters. The van der Waals surface area contributed by atoms with E-state index in [-0.39, 0.29) is 24.3 Å². The van der Waals surface area contributed by atoms with Gasteiger partial charge < -0.3 is 13.6 Å². The molecular formula is C11H16O5. The van der Waals surface area contributed by atoms with Crippen molar-refractivity contribution >= 4 is 5.97 Å². The zero-order valence-electron chi connectivity index (χ0n) is 9.74. The van der Waals surface area contributed by atoms with Crippen LogP contribution in [0.3, 0.4) is 0 Å². The highest BCUT2D eigenvalue weighted by atomic mass is 16.6. The summed E-state index contributed by atoms with van der Waals surface area (Å²) < 4.78 is 14.4. The molecule has 90 valence electrons. The molecular weight excluding hydrogens is 212 g/mol. The van der Waals surface area contributed by atoms with Gasteiger partial charge in [-0.2, -0.15) is 0 Å². The first-order valence-corrected chi connectivity index (χ1v) is 5.30. The lowest BCUT2D eigenvalue weighted by Crippen LogP contribution is -2.14. The van der Waals surface area contributed by atoms with Crippen molar-refractivity contribution in [1.82, 2.24) is 0 Å². The minimum atomic E-state index is -0.773. The monoisotopic (exact) mass is 228 g/mol. The van der Waals surface area contributed by atoms with Crippen molar-refractivity contribution in [3.63, 3.8) is 0 Å². The summed E-state index contributed by atoms with van der Waals surface area (Å²) in [5.74, 6) is -0.581. The standard InChI is InChI=1S/C11H16O5/c1-4-5-7(2)10(12)14-6-9-8(3)15-11(13)16-9/h7H,4-6H2,1-3H3. The SMILES string of the molecule is CCCC(C)C(=O)OCc1oc(=O)oc1C. The molecule has 5 nitrogen and oxygen atoms in total. The predicted octanol–water partition coefficient (Wildman–Crippen LogP) is 2.02. The Hall–Kier alpha value is -1.52. The maximum atomic E-state index is 11.5. The van der Waals surface area contributed by atoms with E-state index >= 15 is 0 Å². The summed E-state index contributed by atoms with van der Waals surface area (Å²) in [5.41, 5.74) is 0. The quantitative estimate of drug-likeness (QED) is 0.721. The zero-order chi connectivity index (χ0) is 12.1. The van der Waals surface area contributed by atoms with E-state index in [0.717, 1.165) is 12.8 Å². The van der Waals surface area contributed by atoms with Gasteiger partial charge in [-0.15, -0.1) is 0 Å². The van der Waals surface area contributed by atoms with Crippen LogP contribution >= 0.6 is 0 Å². The molecule has 1 heterocycles. The molecule has 0 aliphatic heterocycles. The van der Waals surface area contributed by atoms with Crippen LogP contribution in [0.1, 0.15) is 38.2 Å². The molecule has 0 amide bonds. The second kappa shape index (κ2) is 5.53. The Morgan fingerprint density at radius 1 is 1.44 bits per heavy atom. The molecule has 0 aromatic carbocycles. The van der Waals surface area contributed by atoms with E-state index in [2.05, 4.69) is 4.42 Å². The average Bonchev–Trinajstić information content (AvgIpc) is 2.54. The first kappa shape index (κ1) is 12.5. The third-order valence-electron chi connectivity index (χ3n) is 2.31. The van der Waals surface area contributed by atoms with Gasteiger partial charge in [-0.05, 0) is 13.3 Å². The van der Waals surface area contributed by atoms with Gasteiger partial charge in [0.05, 0.1) is 5.92 Å². The third-order valence-corrected chi connectivity index (χ3v) is 2.31. The molecule has 0 fully saturated rings. The molecule has 1 aromatic rings. The highest BCUT2D eigenvalue weighted by Gasteiger charge is 2.16. The number of carbonyl (C=O) groups is 1. The molecule has 0 radical (unpaired) electrons. The fourth-order valence-electron chi connectivity index (χ4n) is 1.34. The second-order valence-corrected chi connectivity index (χ2v) is 3.73. The minimum absolute atomic E-state index is 0.0511. The Labute approximate surface area is 93.4 Å². The molecule has 1 rings (SSSR count). The topological polar surface area (TPSA) is 69.7 Å². The zero-order valence-corrected chi connectivity index (χ0v) is 9.74. The van der Waals surface area contributed by atoms with Crippen molar-refractivity contribution < 1.29 is 18.4 Å². The van der Waals surface area contributed by atoms with Crippen LogP contribution in [-0.4, -0.2) is 5.97 Å². The van der Waals surface area contributed by atoms with E-state index in [4.69, 9.17) is 9.15 Å². The summed E-state index contributed by atoms with van der Waals surface area (Å²) in [6.07, 6.45) is 1.71. The van der Waals surface area contributed by atoms with Crippen molar-refractivity contribution in [2.45, 2.75) is 40.2 Å². The number of esters is 1. The molecule has 0 saturated heterocycles. The molecule has 1 unspecified atom stereocenters. The van der Waals surface area contributed by atoms with Crippen LogP contribution in [0.2, 0.25) is 0 Å². The Balaban J connectivity index is 2.48. The summed E-state index contributed by atoms with van der Waals surface area (Å²) in [7, 11) is 0. The normalized spacial score (nSPS) is 12.4. The molecule has 5 heteroatoms. The summed E-state index contributed by atoms with van der Waals surface area (Å²) in [6.45, 7) is 5.35. The first-order valence-electron chi connectivity index (χ1n) is 5.30. The number of aryl methyl sites for hydroxylation is 1. The molecule has 0 bridgehead atoms. The van der Waals surface area contributed by atoms with Crippen LogP contribution in [0.4, 0.5) is 0 Å². The molecule has 0 aliphatic rings. The predicted molar refractivity (Wildman–Crippen MR) is 55.8 cm³/mol. The van der Waals surface area contributed by atoms with Crippen LogP contribution in [0.5, 0.6) is 0 Å². The maximum Gasteiger partial charge on any atom is 0.519 e. The number of rotatable bonds is 5. The number of ether oxygens (including phenoxy) is 1. The summed E-state index contributed by atoms with van der Waals surface area (Å²) >= 11 is 0. The van der Waals surface area contributed by atoms with Crippen molar-refractivity contribution in [3.05, 3.63) is 22.1 Å². The van der Waals surface area contributed by atoms with Crippen LogP contribution in [-0.2, 0) is 16.1 Å². The second-order valence-electron chi connectivity index (χ2n) is 3.73. The third kappa shape index (κ3) is 3.25. The largest absolute Gasteiger partial charge is 0.519 e. The minimum Gasteiger partial charge on any atom is -0.457 e. The molecule has 0 saturated carbocycles. The van der Waals surface area contributed by atoms with Gasteiger partial charge in [-0.25, -0.2) is 4.79 Å². The Kier molecular flexibility index (Phi) is 4.34. The van der Waals surface area contributed by atoms with Gasteiger partial charge in [0.1, 0.15) is 0 Å². The van der Waals surface area contributed by atoms with E-state index in [9.17, 15) is 9.59 Å². The lowest BCUT2D eigenvalue weighted by atomic mass is 10.1. The van der Waals surface area contributed by atoms with Gasteiger partial charge in [0.2, 0.25) is 0 Å². The van der Waals surface area contributed by atoms with Crippen LogP contribution in [0.25, 0.3) is 0 Å². The van der Waals surface area contributed by atoms with Crippen LogP contribution in [0.15, 0.2) is 13.6 Å². The summed E-state index contributed by atoms with van der Waals surface area (Å²) in [4.78, 5) is 22.2. The van der Waals surface area contributed by atoms with Crippen molar-refractivity contribution in [2.75, 3.05) is 0 Å². The number of hydrogen-bond acceptors (Lipinski definition) is 5. The Morgan fingerprint density at radius 3 is 2.62 bits per heavy atom. The van der Waals surface area contributed by atoms with Crippen LogP contribution < -0.4 is 5.82 Å². The smallest absolute Gasteiger partial charge is 0.457 e. The maximum absolute atomic E-state index is 11.5. The first-order chi connectivity index (χ1) is 7.54. The van der Waals surface area contributed by atoms with E-state index in [1.165, 1.54) is 0 Å². The highest BCUT2D eigenvalue weighted by molar-refractivity contribution is 5.71. The van der Waals surface area contributed by atoms with Crippen molar-refractivity contribution in [2.24, 2.45) is 5.92 Å². The van der Waals surface area contributed by atoms with Gasteiger partial charge >= 0.3 is 11.8 Å². The lowest BCUT2D eigenvalue weighted by Gasteiger charge is -2.08. The van der Waals surface area contributed by atoms with Crippen LogP contribution in [0, 0.1) is 12.8 Å². The van der Waals surface area contributed by atoms with E-state index < -0.39 is 5.82 Å². The van der Waals surface area contributed by atoms with Crippen molar-refractivity contribution in [1.29, 1.82) is 0 Å². The van der Waals surface area contributed by atoms with E-state index in [1.807, 2.05) is 13.8 Å². The van der Waals surface area contributed by atoms with E-state index in [0.29, 0.717) is 5.76 Å². The molecule has 0 aliphatic carbocycles. The van der Waals surface area contributed by atoms with Gasteiger partial charge in [0, 0.05) is 0 Å². The van der Waals surface area contributed by atoms with Gasteiger partial charge in [0.25, 0.3) is 0 Å². The Bertz CT molecular complexity index is 401. The molecule has 0 N–H and O–H groups in total. The van der Waals surface area contributed by atoms with Crippen molar-refractivity contribution in [3.8, 4) is 0 Å². The van der Waals surface area contributed by atoms with Gasteiger partial charge in [-0.1, -0.05) is 20.3 Å². The highest BCUT2D eigenvalue weighted by Crippen LogP contribution is 2.11. The van der Waals surface area contributed by atoms with Gasteiger partial charge in [0.15, 0.2) is 18.1 Å². The fourth-order valence-corrected chi connectivity index (χ4v) is 1.34. The Morgan fingerprint density at radius 2 is 2.12 bits per heavy atom. The fraction of sp³-hybridized carbons (Fsp3) is 0.636. The summed E-state index contributed by atoms with van der Waals surface area (Å²) in [6, 6.07) is 0. The van der Waals surface area contributed by atoms with E-state index in [1.54, 1.807) is 6.92 Å². The number of hydrogen-bond donors (Lipinski definition) is 0. The lowest BCUT2D eigenvalue weighted by molar-refractivity contribution is -0.150. The molecule has 16 heavy (non-hydrogen) atoms. The molecule has 0 spiro atoms.